The molecule has 1 N–H and O–H groups in total. The molecule has 4 fully saturated rings. The van der Waals surface area contributed by atoms with Gasteiger partial charge < -0.3 is 18.7 Å². The van der Waals surface area contributed by atoms with Crippen molar-refractivity contribution in [1.29, 1.82) is 0 Å². The minimum Gasteiger partial charge on any atom is -0.484 e. The molecule has 3 aliphatic heterocycles. The van der Waals surface area contributed by atoms with E-state index in [0.717, 1.165) is 80.5 Å². The highest BCUT2D eigenvalue weighted by Gasteiger charge is 2.49. The van der Waals surface area contributed by atoms with Crippen molar-refractivity contribution in [1.82, 2.24) is 4.98 Å². The molecule has 1 aromatic heterocycles. The lowest BCUT2D eigenvalue weighted by Crippen LogP contribution is -2.64. The van der Waals surface area contributed by atoms with Gasteiger partial charge in [-0.3, -0.25) is 0 Å². The number of quaternary nitrogens is 1. The third-order valence-corrected chi connectivity index (χ3v) is 8.91. The second-order valence-electron chi connectivity index (χ2n) is 11.2. The third-order valence-electron chi connectivity index (χ3n) is 8.91. The molecule has 0 radical (unpaired) electrons. The van der Waals surface area contributed by atoms with Crippen molar-refractivity contribution in [3.63, 3.8) is 0 Å². The molecule has 2 atom stereocenters. The lowest BCUT2D eigenvalue weighted by molar-refractivity contribution is -0.958. The maximum atomic E-state index is 13.7. The Kier molecular flexibility index (Phi) is 6.34. The number of fused-ring (bicyclic) bond motifs is 3. The topological polar surface area (TPSA) is 55.5 Å². The molecule has 4 heterocycles. The van der Waals surface area contributed by atoms with E-state index >= 15 is 0 Å². The Hall–Kier alpha value is -2.70. The smallest absolute Gasteiger partial charge is 0.231 e. The molecule has 0 spiro atoms. The maximum absolute atomic E-state index is 13.7. The Morgan fingerprint density at radius 1 is 1.00 bits per heavy atom. The number of halogens is 1. The SMILES string of the molecule is O[C@](c1ccccc1)(c1ncc(C[N+]23CCC(CC2)C(Oc2cccc(F)c2)C3)o1)C1CCCCC1. The third kappa shape index (κ3) is 4.46. The standard InChI is InChI=1S/C30H36FN2O3/c31-25-12-7-13-26(18-25)35-28-21-33(16-14-22(28)15-17-33)20-27-19-32-29(36-27)30(34,23-8-3-1-4-9-23)24-10-5-2-6-11-24/h1,3-4,7-9,12-13,18-19,22,24,28,34H,2,5-6,10-11,14-17,20-21H2/q+1/t22?,28?,30-,33?/m0/s1. The molecule has 4 aliphatic rings. The van der Waals surface area contributed by atoms with Crippen LogP contribution in [0.15, 0.2) is 65.2 Å². The molecular weight excluding hydrogens is 455 g/mol. The highest BCUT2D eigenvalue weighted by atomic mass is 19.1. The second kappa shape index (κ2) is 9.64. The minimum atomic E-state index is -1.21. The van der Waals surface area contributed by atoms with E-state index in [1.807, 2.05) is 42.6 Å². The van der Waals surface area contributed by atoms with Gasteiger partial charge in [-0.15, -0.1) is 0 Å². The number of aliphatic hydroxyl groups is 1. The summed E-state index contributed by atoms with van der Waals surface area (Å²) in [6, 6.07) is 16.4. The zero-order valence-corrected chi connectivity index (χ0v) is 20.8. The van der Waals surface area contributed by atoms with Crippen LogP contribution in [0.3, 0.4) is 0 Å². The summed E-state index contributed by atoms with van der Waals surface area (Å²) in [6.07, 6.45) is 9.50. The molecule has 36 heavy (non-hydrogen) atoms. The van der Waals surface area contributed by atoms with E-state index in [9.17, 15) is 9.50 Å². The summed E-state index contributed by atoms with van der Waals surface area (Å²) in [5.41, 5.74) is -0.350. The van der Waals surface area contributed by atoms with Crippen LogP contribution in [0.25, 0.3) is 0 Å². The Bertz CT molecular complexity index is 1170. The van der Waals surface area contributed by atoms with Gasteiger partial charge in [0.05, 0.1) is 19.3 Å². The van der Waals surface area contributed by atoms with E-state index in [0.29, 0.717) is 17.6 Å². The highest BCUT2D eigenvalue weighted by Crippen LogP contribution is 2.44. The molecule has 3 aromatic rings. The predicted octanol–water partition coefficient (Wildman–Crippen LogP) is 5.82. The van der Waals surface area contributed by atoms with E-state index in [2.05, 4.69) is 4.98 Å². The first-order valence-corrected chi connectivity index (χ1v) is 13.5. The predicted molar refractivity (Wildman–Crippen MR) is 135 cm³/mol. The van der Waals surface area contributed by atoms with Crippen molar-refractivity contribution >= 4 is 0 Å². The Labute approximate surface area is 212 Å². The number of hydrogen-bond donors (Lipinski definition) is 1. The monoisotopic (exact) mass is 491 g/mol. The van der Waals surface area contributed by atoms with Gasteiger partial charge in [-0.2, -0.15) is 0 Å². The molecule has 1 aliphatic carbocycles. The summed E-state index contributed by atoms with van der Waals surface area (Å²) in [7, 11) is 0. The minimum absolute atomic E-state index is 0.0696. The van der Waals surface area contributed by atoms with E-state index in [1.54, 1.807) is 6.07 Å². The molecule has 0 amide bonds. The molecule has 2 bridgehead atoms. The van der Waals surface area contributed by atoms with Crippen LogP contribution in [0.5, 0.6) is 5.75 Å². The summed E-state index contributed by atoms with van der Waals surface area (Å²) >= 11 is 0. The van der Waals surface area contributed by atoms with Crippen molar-refractivity contribution in [2.45, 2.75) is 63.2 Å². The molecule has 190 valence electrons. The van der Waals surface area contributed by atoms with Gasteiger partial charge in [-0.25, -0.2) is 9.37 Å². The zero-order valence-electron chi connectivity index (χ0n) is 20.8. The average molecular weight is 492 g/mol. The van der Waals surface area contributed by atoms with E-state index in [4.69, 9.17) is 9.15 Å². The highest BCUT2D eigenvalue weighted by molar-refractivity contribution is 5.30. The number of oxazole rings is 1. The summed E-state index contributed by atoms with van der Waals surface area (Å²) in [4.78, 5) is 4.68. The van der Waals surface area contributed by atoms with Crippen LogP contribution >= 0.6 is 0 Å². The van der Waals surface area contributed by atoms with Crippen LogP contribution in [0.4, 0.5) is 4.39 Å². The Morgan fingerprint density at radius 2 is 1.78 bits per heavy atom. The van der Waals surface area contributed by atoms with Gasteiger partial charge in [0.2, 0.25) is 5.89 Å². The fourth-order valence-electron chi connectivity index (χ4n) is 6.93. The van der Waals surface area contributed by atoms with E-state index < -0.39 is 5.60 Å². The fraction of sp³-hybridized carbons (Fsp3) is 0.500. The number of hydrogen-bond acceptors (Lipinski definition) is 4. The van der Waals surface area contributed by atoms with Crippen molar-refractivity contribution < 1.29 is 23.1 Å². The summed E-state index contributed by atoms with van der Waals surface area (Å²) in [6.45, 7) is 3.77. The van der Waals surface area contributed by atoms with Crippen molar-refractivity contribution in [2.75, 3.05) is 19.6 Å². The first kappa shape index (κ1) is 23.7. The fourth-order valence-corrected chi connectivity index (χ4v) is 6.93. The molecule has 1 unspecified atom stereocenters. The summed E-state index contributed by atoms with van der Waals surface area (Å²) in [5.74, 6) is 2.19. The zero-order chi connectivity index (χ0) is 24.6. The van der Waals surface area contributed by atoms with Crippen LogP contribution in [0, 0.1) is 17.7 Å². The average Bonchev–Trinajstić information content (AvgIpc) is 3.38. The number of aromatic nitrogens is 1. The molecule has 5 nitrogen and oxygen atoms in total. The van der Waals surface area contributed by atoms with Crippen LogP contribution < -0.4 is 4.74 Å². The largest absolute Gasteiger partial charge is 0.484 e. The van der Waals surface area contributed by atoms with Crippen molar-refractivity contribution in [2.24, 2.45) is 11.8 Å². The number of benzene rings is 2. The second-order valence-corrected chi connectivity index (χ2v) is 11.2. The lowest BCUT2D eigenvalue weighted by atomic mass is 9.73. The molecule has 7 rings (SSSR count). The van der Waals surface area contributed by atoms with Gasteiger partial charge >= 0.3 is 0 Å². The molecule has 3 saturated heterocycles. The molecular formula is C30H36FN2O3+. The van der Waals surface area contributed by atoms with Crippen LogP contribution in [-0.2, 0) is 12.1 Å². The molecule has 2 aromatic carbocycles. The number of nitrogens with zero attached hydrogens (tertiary/aromatic N) is 2. The first-order chi connectivity index (χ1) is 17.5. The number of rotatable bonds is 7. The van der Waals surface area contributed by atoms with Crippen LogP contribution in [0.1, 0.15) is 62.2 Å². The Morgan fingerprint density at radius 3 is 2.53 bits per heavy atom. The first-order valence-electron chi connectivity index (χ1n) is 13.5. The maximum Gasteiger partial charge on any atom is 0.231 e. The molecule has 1 saturated carbocycles. The van der Waals surface area contributed by atoms with Gasteiger partial charge in [0, 0.05) is 30.7 Å². The summed E-state index contributed by atoms with van der Waals surface area (Å²) < 4.78 is 27.3. The van der Waals surface area contributed by atoms with Gasteiger partial charge in [0.15, 0.2) is 17.5 Å². The number of piperidine rings is 3. The van der Waals surface area contributed by atoms with E-state index in [-0.39, 0.29) is 17.8 Å². The van der Waals surface area contributed by atoms with E-state index in [1.165, 1.54) is 18.6 Å². The van der Waals surface area contributed by atoms with Gasteiger partial charge in [-0.1, -0.05) is 55.7 Å². The number of ether oxygens (including phenoxy) is 1. The van der Waals surface area contributed by atoms with Crippen molar-refractivity contribution in [3.05, 3.63) is 83.8 Å². The van der Waals surface area contributed by atoms with Crippen LogP contribution in [0.2, 0.25) is 0 Å². The quantitative estimate of drug-likeness (QED) is 0.423. The van der Waals surface area contributed by atoms with Gasteiger partial charge in [-0.05, 0) is 30.5 Å². The summed E-state index contributed by atoms with van der Waals surface area (Å²) in [5, 5.41) is 12.1. The van der Waals surface area contributed by atoms with Crippen LogP contribution in [-0.4, -0.2) is 40.3 Å². The molecule has 6 heteroatoms. The lowest BCUT2D eigenvalue weighted by Gasteiger charge is -2.51. The van der Waals surface area contributed by atoms with Gasteiger partial charge in [0.1, 0.15) is 24.7 Å². The Balaban J connectivity index is 1.23. The normalized spacial score (nSPS) is 28.1. The van der Waals surface area contributed by atoms with Crippen molar-refractivity contribution in [3.8, 4) is 5.75 Å². The van der Waals surface area contributed by atoms with Gasteiger partial charge in [0.25, 0.3) is 0 Å².